The molecule has 0 saturated carbocycles. The topological polar surface area (TPSA) is 0 Å². The van der Waals surface area contributed by atoms with E-state index >= 15 is 0 Å². The lowest BCUT2D eigenvalue weighted by atomic mass is 9.86. The molecule has 0 aromatic rings. The molecule has 1 aliphatic carbocycles. The van der Waals surface area contributed by atoms with Crippen molar-refractivity contribution in [2.45, 2.75) is 40.0 Å². The number of allylic oxidation sites excluding steroid dienone is 4. The predicted molar refractivity (Wildman–Crippen MR) is 50.5 cm³/mol. The Morgan fingerprint density at radius 3 is 2.55 bits per heavy atom. The van der Waals surface area contributed by atoms with E-state index < -0.39 is 0 Å². The second kappa shape index (κ2) is 3.25. The molecule has 1 rings (SSSR count). The summed E-state index contributed by atoms with van der Waals surface area (Å²) in [5.41, 5.74) is 1.83. The molecule has 0 unspecified atom stereocenters. The van der Waals surface area contributed by atoms with Crippen LogP contribution in [0.5, 0.6) is 0 Å². The van der Waals surface area contributed by atoms with Gasteiger partial charge in [0.15, 0.2) is 0 Å². The van der Waals surface area contributed by atoms with Crippen molar-refractivity contribution < 1.29 is 0 Å². The highest BCUT2D eigenvalue weighted by atomic mass is 14.2. The summed E-state index contributed by atoms with van der Waals surface area (Å²) < 4.78 is 0. The summed E-state index contributed by atoms with van der Waals surface area (Å²) in [6.07, 6.45) is 10.8. The second-order valence-electron chi connectivity index (χ2n) is 4.24. The Hall–Kier alpha value is -0.520. The molecule has 0 spiro atoms. The molecule has 0 bridgehead atoms. The predicted octanol–water partition coefficient (Wildman–Crippen LogP) is 3.70. The van der Waals surface area contributed by atoms with Crippen molar-refractivity contribution in [2.75, 3.05) is 0 Å². The third-order valence-corrected chi connectivity index (χ3v) is 2.10. The molecule has 0 aromatic heterocycles. The Bertz CT molecular complexity index is 177. The normalized spacial score (nSPS) is 19.4. The quantitative estimate of drug-likeness (QED) is 0.494. The minimum atomic E-state index is 0.334. The van der Waals surface area contributed by atoms with Crippen LogP contribution in [-0.2, 0) is 0 Å². The van der Waals surface area contributed by atoms with Gasteiger partial charge < -0.3 is 0 Å². The lowest BCUT2D eigenvalue weighted by molar-refractivity contribution is 0.515. The van der Waals surface area contributed by atoms with Crippen molar-refractivity contribution in [3.05, 3.63) is 23.8 Å². The van der Waals surface area contributed by atoms with Crippen molar-refractivity contribution in [3.63, 3.8) is 0 Å². The van der Waals surface area contributed by atoms with Gasteiger partial charge in [0.25, 0.3) is 0 Å². The van der Waals surface area contributed by atoms with Gasteiger partial charge in [-0.2, -0.15) is 0 Å². The van der Waals surface area contributed by atoms with Gasteiger partial charge in [-0.15, -0.1) is 0 Å². The molecule has 62 valence electrons. The number of rotatable bonds is 0. The van der Waals surface area contributed by atoms with Crippen molar-refractivity contribution >= 4 is 0 Å². The second-order valence-corrected chi connectivity index (χ2v) is 4.24. The summed E-state index contributed by atoms with van der Waals surface area (Å²) in [4.78, 5) is 0. The molecule has 0 atom stereocenters. The van der Waals surface area contributed by atoms with E-state index in [9.17, 15) is 0 Å². The average molecular weight is 150 g/mol. The summed E-state index contributed by atoms with van der Waals surface area (Å²) >= 11 is 0. The van der Waals surface area contributed by atoms with E-state index in [2.05, 4.69) is 39.0 Å². The molecule has 0 radical (unpaired) electrons. The van der Waals surface area contributed by atoms with E-state index in [-0.39, 0.29) is 0 Å². The molecule has 0 amide bonds. The van der Waals surface area contributed by atoms with E-state index in [1.165, 1.54) is 24.8 Å². The largest absolute Gasteiger partial charge is 0.0842 e. The summed E-state index contributed by atoms with van der Waals surface area (Å²) in [5, 5.41) is 0. The van der Waals surface area contributed by atoms with E-state index in [4.69, 9.17) is 0 Å². The van der Waals surface area contributed by atoms with Crippen molar-refractivity contribution in [1.82, 2.24) is 0 Å². The fourth-order valence-corrected chi connectivity index (χ4v) is 1.33. The Kier molecular flexibility index (Phi) is 2.53. The SMILES string of the molecule is CC(C)(C)C1=CCCCC=C1. The van der Waals surface area contributed by atoms with Crippen LogP contribution in [0.2, 0.25) is 0 Å². The molecule has 0 heterocycles. The Labute approximate surface area is 70.0 Å². The van der Waals surface area contributed by atoms with Crippen LogP contribution in [0.25, 0.3) is 0 Å². The molecule has 0 heteroatoms. The highest BCUT2D eigenvalue weighted by molar-refractivity contribution is 5.25. The highest BCUT2D eigenvalue weighted by Crippen LogP contribution is 2.28. The smallest absolute Gasteiger partial charge is 0.0135 e. The molecular formula is C11H18. The van der Waals surface area contributed by atoms with Crippen LogP contribution in [0.4, 0.5) is 0 Å². The first kappa shape index (κ1) is 8.58. The third kappa shape index (κ3) is 2.53. The first-order valence-electron chi connectivity index (χ1n) is 4.48. The van der Waals surface area contributed by atoms with Crippen LogP contribution < -0.4 is 0 Å². The minimum Gasteiger partial charge on any atom is -0.0842 e. The Morgan fingerprint density at radius 1 is 1.18 bits per heavy atom. The first-order chi connectivity index (χ1) is 5.11. The van der Waals surface area contributed by atoms with Crippen molar-refractivity contribution in [3.8, 4) is 0 Å². The summed E-state index contributed by atoms with van der Waals surface area (Å²) in [5.74, 6) is 0. The molecule has 1 aliphatic rings. The fourth-order valence-electron chi connectivity index (χ4n) is 1.33. The van der Waals surface area contributed by atoms with Crippen molar-refractivity contribution in [1.29, 1.82) is 0 Å². The minimum absolute atomic E-state index is 0.334. The van der Waals surface area contributed by atoms with Gasteiger partial charge in [-0.25, -0.2) is 0 Å². The Morgan fingerprint density at radius 2 is 1.91 bits per heavy atom. The molecule has 0 saturated heterocycles. The lowest BCUT2D eigenvalue weighted by Gasteiger charge is -2.19. The van der Waals surface area contributed by atoms with Crippen LogP contribution in [-0.4, -0.2) is 0 Å². The maximum atomic E-state index is 2.38. The monoisotopic (exact) mass is 150 g/mol. The lowest BCUT2D eigenvalue weighted by Crippen LogP contribution is -2.06. The average Bonchev–Trinajstić information content (AvgIpc) is 2.10. The zero-order chi connectivity index (χ0) is 8.32. The van der Waals surface area contributed by atoms with Gasteiger partial charge in [0.2, 0.25) is 0 Å². The molecular weight excluding hydrogens is 132 g/mol. The van der Waals surface area contributed by atoms with E-state index in [1.807, 2.05) is 0 Å². The first-order valence-corrected chi connectivity index (χ1v) is 4.48. The van der Waals surface area contributed by atoms with Crippen molar-refractivity contribution in [2.24, 2.45) is 5.41 Å². The maximum absolute atomic E-state index is 2.38. The van der Waals surface area contributed by atoms with E-state index in [1.54, 1.807) is 0 Å². The van der Waals surface area contributed by atoms with E-state index in [0.717, 1.165) is 0 Å². The van der Waals surface area contributed by atoms with Gasteiger partial charge in [0.05, 0.1) is 0 Å². The van der Waals surface area contributed by atoms with Crippen LogP contribution in [0, 0.1) is 5.41 Å². The van der Waals surface area contributed by atoms with Gasteiger partial charge in [-0.1, -0.05) is 39.0 Å². The Balaban J connectivity index is 2.75. The summed E-state index contributed by atoms with van der Waals surface area (Å²) in [7, 11) is 0. The fraction of sp³-hybridized carbons (Fsp3) is 0.636. The molecule has 0 aromatic carbocycles. The molecule has 0 aliphatic heterocycles. The van der Waals surface area contributed by atoms with Crippen LogP contribution in [0.15, 0.2) is 23.8 Å². The number of hydrogen-bond donors (Lipinski definition) is 0. The van der Waals surface area contributed by atoms with Gasteiger partial charge in [0.1, 0.15) is 0 Å². The number of hydrogen-bond acceptors (Lipinski definition) is 0. The van der Waals surface area contributed by atoms with Gasteiger partial charge in [-0.3, -0.25) is 0 Å². The zero-order valence-electron chi connectivity index (χ0n) is 7.85. The van der Waals surface area contributed by atoms with Gasteiger partial charge in [-0.05, 0) is 30.3 Å². The molecule has 11 heavy (non-hydrogen) atoms. The van der Waals surface area contributed by atoms with Crippen LogP contribution >= 0.6 is 0 Å². The summed E-state index contributed by atoms with van der Waals surface area (Å²) in [6.45, 7) is 6.82. The summed E-state index contributed by atoms with van der Waals surface area (Å²) in [6, 6.07) is 0. The van der Waals surface area contributed by atoms with Gasteiger partial charge in [0, 0.05) is 0 Å². The molecule has 0 nitrogen and oxygen atoms in total. The zero-order valence-corrected chi connectivity index (χ0v) is 7.85. The maximum Gasteiger partial charge on any atom is -0.0135 e. The van der Waals surface area contributed by atoms with Gasteiger partial charge >= 0.3 is 0 Å². The van der Waals surface area contributed by atoms with Crippen LogP contribution in [0.1, 0.15) is 40.0 Å². The third-order valence-electron chi connectivity index (χ3n) is 2.10. The van der Waals surface area contributed by atoms with Crippen LogP contribution in [0.3, 0.4) is 0 Å². The molecule has 0 N–H and O–H groups in total. The van der Waals surface area contributed by atoms with E-state index in [0.29, 0.717) is 5.41 Å². The highest BCUT2D eigenvalue weighted by Gasteiger charge is 2.14. The standard InChI is InChI=1S/C11H18/c1-11(2,3)10-8-6-4-5-7-9-10/h6,8-9H,4-5,7H2,1-3H3. The molecule has 0 fully saturated rings.